The van der Waals surface area contributed by atoms with Crippen molar-refractivity contribution in [3.8, 4) is 5.75 Å². The van der Waals surface area contributed by atoms with Gasteiger partial charge in [0.1, 0.15) is 5.75 Å². The van der Waals surface area contributed by atoms with E-state index in [1.54, 1.807) is 0 Å². The molecule has 3 rings (SSSR count). The summed E-state index contributed by atoms with van der Waals surface area (Å²) in [5, 5.41) is 10.0. The number of likely N-dealkylation sites (tertiary alicyclic amines) is 1. The van der Waals surface area contributed by atoms with Gasteiger partial charge in [-0.1, -0.05) is 12.1 Å². The quantitative estimate of drug-likeness (QED) is 0.884. The maximum absolute atomic E-state index is 10.0. The monoisotopic (exact) mass is 260 g/mol. The Hall–Kier alpha value is -1.06. The van der Waals surface area contributed by atoms with Crippen LogP contribution in [-0.4, -0.2) is 48.1 Å². The van der Waals surface area contributed by atoms with E-state index in [2.05, 4.69) is 30.0 Å². The molecule has 104 valence electrons. The number of aromatic hydroxyl groups is 1. The summed E-state index contributed by atoms with van der Waals surface area (Å²) in [6, 6.07) is 7.23. The predicted molar refractivity (Wildman–Crippen MR) is 77.5 cm³/mol. The lowest BCUT2D eigenvalue weighted by molar-refractivity contribution is 0.198. The zero-order valence-corrected chi connectivity index (χ0v) is 12.0. The summed E-state index contributed by atoms with van der Waals surface area (Å²) in [6.07, 6.45) is 4.72. The van der Waals surface area contributed by atoms with E-state index in [1.807, 2.05) is 12.1 Å². The Labute approximate surface area is 115 Å². The van der Waals surface area contributed by atoms with Gasteiger partial charge in [0, 0.05) is 25.2 Å². The Balaban J connectivity index is 1.83. The smallest absolute Gasteiger partial charge is 0.119 e. The maximum atomic E-state index is 10.0. The van der Waals surface area contributed by atoms with E-state index in [-0.39, 0.29) is 0 Å². The van der Waals surface area contributed by atoms with E-state index in [4.69, 9.17) is 0 Å². The first-order valence-corrected chi connectivity index (χ1v) is 7.38. The molecule has 1 aromatic rings. The summed E-state index contributed by atoms with van der Waals surface area (Å²) in [4.78, 5) is 4.95. The summed E-state index contributed by atoms with van der Waals surface area (Å²) in [6.45, 7) is 2.34. The van der Waals surface area contributed by atoms with Crippen molar-refractivity contribution in [2.45, 2.75) is 37.8 Å². The van der Waals surface area contributed by atoms with Crippen LogP contribution in [-0.2, 0) is 6.42 Å². The van der Waals surface area contributed by atoms with Gasteiger partial charge in [-0.05, 0) is 57.0 Å². The van der Waals surface area contributed by atoms with Gasteiger partial charge in [-0.25, -0.2) is 0 Å². The molecule has 0 spiro atoms. The van der Waals surface area contributed by atoms with Crippen LogP contribution in [0.25, 0.3) is 0 Å². The summed E-state index contributed by atoms with van der Waals surface area (Å²) in [5.74, 6) is 0.491. The van der Waals surface area contributed by atoms with Crippen LogP contribution < -0.4 is 0 Å². The number of rotatable bonds is 2. The first-order valence-electron chi connectivity index (χ1n) is 7.38. The van der Waals surface area contributed by atoms with Crippen molar-refractivity contribution in [3.05, 3.63) is 29.3 Å². The Kier molecular flexibility index (Phi) is 3.50. The molecule has 3 nitrogen and oxygen atoms in total. The minimum atomic E-state index is 0.491. The molecule has 0 radical (unpaired) electrons. The Morgan fingerprint density at radius 3 is 2.84 bits per heavy atom. The van der Waals surface area contributed by atoms with Crippen LogP contribution in [0.15, 0.2) is 18.2 Å². The highest BCUT2D eigenvalue weighted by atomic mass is 16.3. The molecule has 19 heavy (non-hydrogen) atoms. The third-order valence-corrected chi connectivity index (χ3v) is 4.82. The first kappa shape index (κ1) is 12.9. The first-order chi connectivity index (χ1) is 9.16. The van der Waals surface area contributed by atoms with E-state index in [0.29, 0.717) is 17.8 Å². The van der Waals surface area contributed by atoms with Gasteiger partial charge in [0.2, 0.25) is 0 Å². The predicted octanol–water partition coefficient (Wildman–Crippen LogP) is 2.41. The van der Waals surface area contributed by atoms with Crippen LogP contribution in [0.2, 0.25) is 0 Å². The SMILES string of the molecule is CN(C)C1CCN(C2CCCc3c(O)cccc32)C1. The molecule has 0 aromatic heterocycles. The highest BCUT2D eigenvalue weighted by Gasteiger charge is 2.33. The van der Waals surface area contributed by atoms with Gasteiger partial charge in [-0.15, -0.1) is 0 Å². The molecule has 1 heterocycles. The van der Waals surface area contributed by atoms with E-state index >= 15 is 0 Å². The molecule has 2 aliphatic rings. The summed E-state index contributed by atoms with van der Waals surface area (Å²) in [5.41, 5.74) is 2.55. The van der Waals surface area contributed by atoms with Gasteiger partial charge in [-0.3, -0.25) is 4.90 Å². The Morgan fingerprint density at radius 2 is 2.11 bits per heavy atom. The highest BCUT2D eigenvalue weighted by molar-refractivity contribution is 5.42. The number of hydrogen-bond donors (Lipinski definition) is 1. The van der Waals surface area contributed by atoms with Crippen molar-refractivity contribution in [2.75, 3.05) is 27.2 Å². The van der Waals surface area contributed by atoms with Crippen molar-refractivity contribution < 1.29 is 5.11 Å². The molecular formula is C16H24N2O. The second kappa shape index (κ2) is 5.14. The summed E-state index contributed by atoms with van der Waals surface area (Å²) in [7, 11) is 4.35. The lowest BCUT2D eigenvalue weighted by atomic mass is 9.86. The van der Waals surface area contributed by atoms with Crippen LogP contribution in [0, 0.1) is 0 Å². The molecular weight excluding hydrogens is 236 g/mol. The van der Waals surface area contributed by atoms with E-state index in [1.165, 1.54) is 36.9 Å². The average Bonchev–Trinajstić information content (AvgIpc) is 2.88. The number of phenols is 1. The number of nitrogens with zero attached hydrogens (tertiary/aromatic N) is 2. The lowest BCUT2D eigenvalue weighted by Gasteiger charge is -2.34. The number of hydrogen-bond acceptors (Lipinski definition) is 3. The van der Waals surface area contributed by atoms with Crippen molar-refractivity contribution in [3.63, 3.8) is 0 Å². The number of phenolic OH excluding ortho intramolecular Hbond substituents is 1. The second-order valence-corrected chi connectivity index (χ2v) is 6.15. The molecule has 1 N–H and O–H groups in total. The third kappa shape index (κ3) is 2.37. The zero-order chi connectivity index (χ0) is 13.4. The number of likely N-dealkylation sites (N-methyl/N-ethyl adjacent to an activating group) is 1. The molecule has 0 amide bonds. The molecule has 2 atom stereocenters. The standard InChI is InChI=1S/C16H24N2O/c1-17(2)12-9-10-18(11-12)15-7-3-6-14-13(15)5-4-8-16(14)19/h4-5,8,12,15,19H,3,6-7,9-11H2,1-2H3. The fourth-order valence-corrected chi connectivity index (χ4v) is 3.66. The number of fused-ring (bicyclic) bond motifs is 1. The van der Waals surface area contributed by atoms with Crippen LogP contribution in [0.1, 0.15) is 36.4 Å². The molecule has 0 bridgehead atoms. The average molecular weight is 260 g/mol. The normalized spacial score (nSPS) is 27.7. The van der Waals surface area contributed by atoms with Gasteiger partial charge in [0.15, 0.2) is 0 Å². The molecule has 1 fully saturated rings. The summed E-state index contributed by atoms with van der Waals surface area (Å²) < 4.78 is 0. The second-order valence-electron chi connectivity index (χ2n) is 6.15. The van der Waals surface area contributed by atoms with Gasteiger partial charge in [0.25, 0.3) is 0 Å². The van der Waals surface area contributed by atoms with Crippen LogP contribution in [0.5, 0.6) is 5.75 Å². The van der Waals surface area contributed by atoms with Gasteiger partial charge in [-0.2, -0.15) is 0 Å². The van der Waals surface area contributed by atoms with E-state index < -0.39 is 0 Å². The molecule has 1 aliphatic carbocycles. The van der Waals surface area contributed by atoms with Crippen LogP contribution >= 0.6 is 0 Å². The van der Waals surface area contributed by atoms with Gasteiger partial charge < -0.3 is 10.0 Å². The molecule has 1 aliphatic heterocycles. The van der Waals surface area contributed by atoms with Crippen LogP contribution in [0.4, 0.5) is 0 Å². The highest BCUT2D eigenvalue weighted by Crippen LogP contribution is 2.39. The maximum Gasteiger partial charge on any atom is 0.119 e. The van der Waals surface area contributed by atoms with Crippen molar-refractivity contribution in [2.24, 2.45) is 0 Å². The molecule has 2 unspecified atom stereocenters. The minimum Gasteiger partial charge on any atom is -0.508 e. The molecule has 1 aromatic carbocycles. The zero-order valence-electron chi connectivity index (χ0n) is 12.0. The Morgan fingerprint density at radius 1 is 1.26 bits per heavy atom. The van der Waals surface area contributed by atoms with E-state index in [0.717, 1.165) is 13.0 Å². The van der Waals surface area contributed by atoms with Crippen molar-refractivity contribution in [1.82, 2.24) is 9.80 Å². The van der Waals surface area contributed by atoms with Gasteiger partial charge in [0.05, 0.1) is 0 Å². The molecule has 1 saturated heterocycles. The van der Waals surface area contributed by atoms with E-state index in [9.17, 15) is 5.11 Å². The lowest BCUT2D eigenvalue weighted by Crippen LogP contribution is -2.34. The fraction of sp³-hybridized carbons (Fsp3) is 0.625. The fourth-order valence-electron chi connectivity index (χ4n) is 3.66. The minimum absolute atomic E-state index is 0.491. The van der Waals surface area contributed by atoms with Crippen LogP contribution in [0.3, 0.4) is 0 Å². The summed E-state index contributed by atoms with van der Waals surface area (Å²) >= 11 is 0. The van der Waals surface area contributed by atoms with Crippen molar-refractivity contribution >= 4 is 0 Å². The molecule has 3 heteroatoms. The largest absolute Gasteiger partial charge is 0.508 e. The number of benzene rings is 1. The van der Waals surface area contributed by atoms with Crippen molar-refractivity contribution in [1.29, 1.82) is 0 Å². The molecule has 0 saturated carbocycles. The Bertz CT molecular complexity index is 458. The third-order valence-electron chi connectivity index (χ3n) is 4.82. The topological polar surface area (TPSA) is 26.7 Å². The van der Waals surface area contributed by atoms with Gasteiger partial charge >= 0.3 is 0 Å².